The van der Waals surface area contributed by atoms with Crippen molar-refractivity contribution in [2.75, 3.05) is 18.0 Å². The molecule has 0 radical (unpaired) electrons. The van der Waals surface area contributed by atoms with Crippen LogP contribution in [0.4, 0.5) is 5.95 Å². The van der Waals surface area contributed by atoms with Gasteiger partial charge >= 0.3 is 0 Å². The molecule has 13 heavy (non-hydrogen) atoms. The van der Waals surface area contributed by atoms with Gasteiger partial charge in [-0.2, -0.15) is 4.80 Å². The van der Waals surface area contributed by atoms with Gasteiger partial charge in [-0.25, -0.2) is 0 Å². The normalized spacial score (nSPS) is 16.1. The summed E-state index contributed by atoms with van der Waals surface area (Å²) in [6.07, 6.45) is 7.56. The smallest absolute Gasteiger partial charge is 0.266 e. The van der Waals surface area contributed by atoms with Crippen molar-refractivity contribution in [1.29, 1.82) is 0 Å². The van der Waals surface area contributed by atoms with E-state index in [0.29, 0.717) is 12.5 Å². The quantitative estimate of drug-likeness (QED) is 0.592. The number of rotatable bonds is 2. The average molecular weight is 177 g/mol. The van der Waals surface area contributed by atoms with E-state index in [4.69, 9.17) is 6.42 Å². The summed E-state index contributed by atoms with van der Waals surface area (Å²) in [5, 5.41) is 11.9. The van der Waals surface area contributed by atoms with Crippen molar-refractivity contribution in [2.24, 2.45) is 0 Å². The number of nitrogens with zero attached hydrogens (tertiary/aromatic N) is 5. The first kappa shape index (κ1) is 8.05. The second-order valence-corrected chi connectivity index (χ2v) is 3.02. The summed E-state index contributed by atoms with van der Waals surface area (Å²) < 4.78 is 0. The highest BCUT2D eigenvalue weighted by Gasteiger charge is 2.16. The Hall–Kier alpha value is -1.57. The predicted octanol–water partition coefficient (Wildman–Crippen LogP) is -0.0935. The zero-order chi connectivity index (χ0) is 9.10. The molecule has 0 spiro atoms. The molecule has 0 amide bonds. The first-order valence-electron chi connectivity index (χ1n) is 4.36. The van der Waals surface area contributed by atoms with Gasteiger partial charge in [0.05, 0.1) is 0 Å². The van der Waals surface area contributed by atoms with Crippen LogP contribution in [0.3, 0.4) is 0 Å². The molecule has 1 aliphatic heterocycles. The highest BCUT2D eigenvalue weighted by Crippen LogP contribution is 2.13. The number of tetrazole rings is 1. The summed E-state index contributed by atoms with van der Waals surface area (Å²) in [4.78, 5) is 3.56. The van der Waals surface area contributed by atoms with Gasteiger partial charge in [0.2, 0.25) is 0 Å². The van der Waals surface area contributed by atoms with E-state index < -0.39 is 0 Å². The van der Waals surface area contributed by atoms with Crippen LogP contribution in [0, 0.1) is 12.3 Å². The van der Waals surface area contributed by atoms with E-state index in [1.807, 2.05) is 0 Å². The predicted molar refractivity (Wildman–Crippen MR) is 48.1 cm³/mol. The van der Waals surface area contributed by atoms with Crippen LogP contribution >= 0.6 is 0 Å². The van der Waals surface area contributed by atoms with Gasteiger partial charge in [-0.3, -0.25) is 0 Å². The Kier molecular flexibility index (Phi) is 2.13. The molecule has 2 heterocycles. The highest BCUT2D eigenvalue weighted by atomic mass is 15.6. The first-order chi connectivity index (χ1) is 6.40. The fraction of sp³-hybridized carbons (Fsp3) is 0.625. The molecule has 0 bridgehead atoms. The molecule has 2 rings (SSSR count). The van der Waals surface area contributed by atoms with Crippen LogP contribution in [0.5, 0.6) is 0 Å². The molecular weight excluding hydrogens is 166 g/mol. The number of aromatic nitrogens is 4. The second-order valence-electron chi connectivity index (χ2n) is 3.02. The minimum Gasteiger partial charge on any atom is -0.338 e. The Labute approximate surface area is 76.7 Å². The minimum atomic E-state index is 0.390. The first-order valence-corrected chi connectivity index (χ1v) is 4.36. The Morgan fingerprint density at radius 1 is 1.38 bits per heavy atom. The monoisotopic (exact) mass is 177 g/mol. The van der Waals surface area contributed by atoms with Crippen molar-refractivity contribution in [1.82, 2.24) is 20.2 Å². The van der Waals surface area contributed by atoms with Gasteiger partial charge in [-0.1, -0.05) is 11.0 Å². The van der Waals surface area contributed by atoms with Crippen molar-refractivity contribution in [3.05, 3.63) is 0 Å². The van der Waals surface area contributed by atoms with Crippen molar-refractivity contribution in [2.45, 2.75) is 19.4 Å². The van der Waals surface area contributed by atoms with E-state index in [1.165, 1.54) is 17.6 Å². The van der Waals surface area contributed by atoms with Gasteiger partial charge in [0, 0.05) is 13.1 Å². The molecule has 0 N–H and O–H groups in total. The zero-order valence-electron chi connectivity index (χ0n) is 7.35. The number of terminal acetylenes is 1. The van der Waals surface area contributed by atoms with Crippen molar-refractivity contribution in [3.63, 3.8) is 0 Å². The number of hydrogen-bond acceptors (Lipinski definition) is 4. The maximum Gasteiger partial charge on any atom is 0.266 e. The molecule has 0 saturated carbocycles. The Bertz CT molecular complexity index is 318. The van der Waals surface area contributed by atoms with E-state index in [-0.39, 0.29) is 0 Å². The van der Waals surface area contributed by atoms with Gasteiger partial charge in [-0.15, -0.1) is 11.5 Å². The molecule has 68 valence electrons. The molecule has 1 aliphatic rings. The van der Waals surface area contributed by atoms with Crippen molar-refractivity contribution in [3.8, 4) is 12.3 Å². The van der Waals surface area contributed by atoms with Crippen LogP contribution in [-0.4, -0.2) is 33.3 Å². The third-order valence-corrected chi connectivity index (χ3v) is 2.06. The molecule has 1 aromatic rings. The highest BCUT2D eigenvalue weighted by molar-refractivity contribution is 5.27. The number of hydrogen-bond donors (Lipinski definition) is 0. The van der Waals surface area contributed by atoms with Gasteiger partial charge in [-0.05, 0) is 18.1 Å². The third kappa shape index (κ3) is 1.61. The van der Waals surface area contributed by atoms with Crippen molar-refractivity contribution >= 4 is 5.95 Å². The largest absolute Gasteiger partial charge is 0.338 e. The fourth-order valence-electron chi connectivity index (χ4n) is 1.43. The molecule has 5 heteroatoms. The average Bonchev–Trinajstić information content (AvgIpc) is 2.70. The summed E-state index contributed by atoms with van der Waals surface area (Å²) in [5.41, 5.74) is 0. The molecule has 0 unspecified atom stereocenters. The van der Waals surface area contributed by atoms with Crippen LogP contribution in [0.25, 0.3) is 0 Å². The van der Waals surface area contributed by atoms with E-state index in [2.05, 4.69) is 26.2 Å². The molecule has 0 aromatic carbocycles. The maximum atomic E-state index is 5.13. The van der Waals surface area contributed by atoms with Crippen LogP contribution in [0.2, 0.25) is 0 Å². The van der Waals surface area contributed by atoms with E-state index in [0.717, 1.165) is 13.1 Å². The third-order valence-electron chi connectivity index (χ3n) is 2.06. The molecular formula is C8H11N5. The molecule has 1 fully saturated rings. The van der Waals surface area contributed by atoms with Gasteiger partial charge < -0.3 is 4.90 Å². The van der Waals surface area contributed by atoms with E-state index >= 15 is 0 Å². The summed E-state index contributed by atoms with van der Waals surface area (Å²) in [6, 6.07) is 0. The van der Waals surface area contributed by atoms with E-state index in [9.17, 15) is 0 Å². The lowest BCUT2D eigenvalue weighted by Gasteiger charge is -2.09. The standard InChI is InChI=1S/C8H11N5/c1-2-5-13-10-8(9-11-13)12-6-3-4-7-12/h1H,3-7H2. The van der Waals surface area contributed by atoms with Crippen LogP contribution in [0.15, 0.2) is 0 Å². The van der Waals surface area contributed by atoms with Crippen LogP contribution in [-0.2, 0) is 6.54 Å². The van der Waals surface area contributed by atoms with E-state index in [1.54, 1.807) is 0 Å². The molecule has 5 nitrogen and oxygen atoms in total. The SMILES string of the molecule is C#CCn1nnc(N2CCCC2)n1. The van der Waals surface area contributed by atoms with Gasteiger partial charge in [0.15, 0.2) is 0 Å². The fourth-order valence-corrected chi connectivity index (χ4v) is 1.43. The Balaban J connectivity index is 2.08. The molecule has 1 aromatic heterocycles. The van der Waals surface area contributed by atoms with Gasteiger partial charge in [0.1, 0.15) is 6.54 Å². The second kappa shape index (κ2) is 3.44. The van der Waals surface area contributed by atoms with Crippen LogP contribution < -0.4 is 4.90 Å². The zero-order valence-corrected chi connectivity index (χ0v) is 7.35. The summed E-state index contributed by atoms with van der Waals surface area (Å²) in [5.74, 6) is 3.17. The number of anilines is 1. The summed E-state index contributed by atoms with van der Waals surface area (Å²) in [7, 11) is 0. The topological polar surface area (TPSA) is 46.8 Å². The lowest BCUT2D eigenvalue weighted by atomic mass is 10.4. The van der Waals surface area contributed by atoms with Crippen molar-refractivity contribution < 1.29 is 0 Å². The molecule has 0 atom stereocenters. The lowest BCUT2D eigenvalue weighted by Crippen LogP contribution is -2.19. The lowest BCUT2D eigenvalue weighted by molar-refractivity contribution is 0.591. The minimum absolute atomic E-state index is 0.390. The Morgan fingerprint density at radius 3 is 2.85 bits per heavy atom. The Morgan fingerprint density at radius 2 is 2.15 bits per heavy atom. The maximum absolute atomic E-state index is 5.13. The summed E-state index contributed by atoms with van der Waals surface area (Å²) >= 11 is 0. The van der Waals surface area contributed by atoms with Crippen LogP contribution in [0.1, 0.15) is 12.8 Å². The molecule has 0 aliphatic carbocycles. The van der Waals surface area contributed by atoms with Gasteiger partial charge in [0.25, 0.3) is 5.95 Å². The summed E-state index contributed by atoms with van der Waals surface area (Å²) in [6.45, 7) is 2.45. The molecule has 1 saturated heterocycles.